The van der Waals surface area contributed by atoms with Crippen molar-refractivity contribution in [3.63, 3.8) is 0 Å². The molecule has 0 saturated carbocycles. The van der Waals surface area contributed by atoms with Gasteiger partial charge in [-0.05, 0) is 29.6 Å². The summed E-state index contributed by atoms with van der Waals surface area (Å²) >= 11 is 2.95. The average molecular weight is 405 g/mol. The second-order valence-corrected chi connectivity index (χ2v) is 8.24. The predicted octanol–water partition coefficient (Wildman–Crippen LogP) is 2.60. The molecule has 0 N–H and O–H groups in total. The number of amides is 2. The molecule has 2 amide bonds. The maximum Gasteiger partial charge on any atom is 0.264 e. The lowest BCUT2D eigenvalue weighted by atomic mass is 10.3. The predicted molar refractivity (Wildman–Crippen MR) is 105 cm³/mol. The number of benzene rings is 1. The zero-order chi connectivity index (χ0) is 18.6. The number of hydrogen-bond donors (Lipinski definition) is 0. The molecule has 2 aromatic rings. The lowest BCUT2D eigenvalue weighted by Crippen LogP contribution is -2.51. The zero-order valence-corrected chi connectivity index (χ0v) is 16.4. The Morgan fingerprint density at radius 2 is 1.74 bits per heavy atom. The van der Waals surface area contributed by atoms with E-state index in [1.807, 2.05) is 45.5 Å². The van der Waals surface area contributed by atoms with Gasteiger partial charge in [-0.1, -0.05) is 6.07 Å². The topological polar surface area (TPSA) is 59.1 Å². The van der Waals surface area contributed by atoms with Crippen LogP contribution in [0.3, 0.4) is 0 Å². The quantitative estimate of drug-likeness (QED) is 0.733. The SMILES string of the molecule is O=C(CSc1ccc2c(c1)OCCO2)N1CCN(C(=O)c2cccs2)CC1. The van der Waals surface area contributed by atoms with Crippen LogP contribution in [-0.2, 0) is 4.79 Å². The van der Waals surface area contributed by atoms with Crippen LogP contribution in [0.2, 0.25) is 0 Å². The van der Waals surface area contributed by atoms with Crippen molar-refractivity contribution in [3.8, 4) is 11.5 Å². The van der Waals surface area contributed by atoms with Crippen molar-refractivity contribution in [2.75, 3.05) is 45.1 Å². The lowest BCUT2D eigenvalue weighted by Gasteiger charge is -2.34. The molecule has 1 aromatic carbocycles. The Labute approximate surface area is 166 Å². The van der Waals surface area contributed by atoms with Gasteiger partial charge in [0.2, 0.25) is 5.91 Å². The molecule has 2 aliphatic heterocycles. The molecule has 0 bridgehead atoms. The molecule has 142 valence electrons. The Kier molecular flexibility index (Phi) is 5.54. The number of thioether (sulfide) groups is 1. The smallest absolute Gasteiger partial charge is 0.264 e. The summed E-state index contributed by atoms with van der Waals surface area (Å²) < 4.78 is 11.1. The van der Waals surface area contributed by atoms with E-state index >= 15 is 0 Å². The van der Waals surface area contributed by atoms with Crippen LogP contribution in [0.25, 0.3) is 0 Å². The summed E-state index contributed by atoms with van der Waals surface area (Å²) in [7, 11) is 0. The zero-order valence-electron chi connectivity index (χ0n) is 14.8. The van der Waals surface area contributed by atoms with Gasteiger partial charge in [-0.2, -0.15) is 0 Å². The number of carbonyl (C=O) groups excluding carboxylic acids is 2. The van der Waals surface area contributed by atoms with Crippen LogP contribution in [0.15, 0.2) is 40.6 Å². The van der Waals surface area contributed by atoms with Gasteiger partial charge in [0, 0.05) is 31.1 Å². The minimum atomic E-state index is 0.0581. The number of thiophene rings is 1. The van der Waals surface area contributed by atoms with Crippen LogP contribution in [0.5, 0.6) is 11.5 Å². The van der Waals surface area contributed by atoms with Gasteiger partial charge in [0.15, 0.2) is 11.5 Å². The molecule has 6 nitrogen and oxygen atoms in total. The summed E-state index contributed by atoms with van der Waals surface area (Å²) in [4.78, 5) is 30.3. The van der Waals surface area contributed by atoms with Gasteiger partial charge in [-0.3, -0.25) is 9.59 Å². The monoisotopic (exact) mass is 404 g/mol. The van der Waals surface area contributed by atoms with Crippen molar-refractivity contribution in [1.29, 1.82) is 0 Å². The first-order valence-electron chi connectivity index (χ1n) is 8.84. The molecular formula is C19H20N2O4S2. The van der Waals surface area contributed by atoms with Crippen molar-refractivity contribution < 1.29 is 19.1 Å². The second kappa shape index (κ2) is 8.22. The Hall–Kier alpha value is -2.19. The minimum Gasteiger partial charge on any atom is -0.486 e. The third-order valence-corrected chi connectivity index (χ3v) is 6.36. The van der Waals surface area contributed by atoms with E-state index in [1.165, 1.54) is 23.1 Å². The fourth-order valence-electron chi connectivity index (χ4n) is 3.06. The maximum atomic E-state index is 12.5. The number of piperazine rings is 1. The molecule has 0 unspecified atom stereocenters. The van der Waals surface area contributed by atoms with Gasteiger partial charge < -0.3 is 19.3 Å². The average Bonchev–Trinajstić information content (AvgIpc) is 3.26. The van der Waals surface area contributed by atoms with Crippen LogP contribution >= 0.6 is 23.1 Å². The molecule has 1 aromatic heterocycles. The number of carbonyl (C=O) groups is 2. The molecule has 8 heteroatoms. The fourth-order valence-corrected chi connectivity index (χ4v) is 4.58. The molecule has 3 heterocycles. The molecule has 27 heavy (non-hydrogen) atoms. The first-order valence-corrected chi connectivity index (χ1v) is 10.7. The molecule has 1 fully saturated rings. The highest BCUT2D eigenvalue weighted by Gasteiger charge is 2.25. The molecular weight excluding hydrogens is 384 g/mol. The molecule has 0 aliphatic carbocycles. The van der Waals surface area contributed by atoms with Crippen LogP contribution in [-0.4, -0.2) is 66.8 Å². The Morgan fingerprint density at radius 1 is 1.00 bits per heavy atom. The Balaban J connectivity index is 1.27. The van der Waals surface area contributed by atoms with Crippen LogP contribution in [0.4, 0.5) is 0 Å². The first kappa shape index (κ1) is 18.2. The summed E-state index contributed by atoms with van der Waals surface area (Å²) in [5, 5.41) is 1.90. The van der Waals surface area contributed by atoms with E-state index in [0.717, 1.165) is 21.3 Å². The fraction of sp³-hybridized carbons (Fsp3) is 0.368. The molecule has 0 spiro atoms. The van der Waals surface area contributed by atoms with E-state index in [-0.39, 0.29) is 11.8 Å². The summed E-state index contributed by atoms with van der Waals surface area (Å²) in [6.07, 6.45) is 0. The summed E-state index contributed by atoms with van der Waals surface area (Å²) in [6, 6.07) is 9.48. The minimum absolute atomic E-state index is 0.0581. The van der Waals surface area contributed by atoms with Gasteiger partial charge in [0.1, 0.15) is 13.2 Å². The van der Waals surface area contributed by atoms with Crippen LogP contribution < -0.4 is 9.47 Å². The van der Waals surface area contributed by atoms with E-state index in [9.17, 15) is 9.59 Å². The van der Waals surface area contributed by atoms with Gasteiger partial charge >= 0.3 is 0 Å². The van der Waals surface area contributed by atoms with E-state index in [4.69, 9.17) is 9.47 Å². The van der Waals surface area contributed by atoms with Crippen LogP contribution in [0, 0.1) is 0 Å². The third-order valence-electron chi connectivity index (χ3n) is 4.53. The largest absolute Gasteiger partial charge is 0.486 e. The second-order valence-electron chi connectivity index (χ2n) is 6.24. The summed E-state index contributed by atoms with van der Waals surface area (Å²) in [5.41, 5.74) is 0. The van der Waals surface area contributed by atoms with Crippen molar-refractivity contribution in [2.24, 2.45) is 0 Å². The van der Waals surface area contributed by atoms with Crippen molar-refractivity contribution in [2.45, 2.75) is 4.90 Å². The standard InChI is InChI=1S/C19H20N2O4S2/c22-18(13-27-14-3-4-15-16(12-14)25-10-9-24-15)20-5-7-21(8-6-20)19(23)17-2-1-11-26-17/h1-4,11-12H,5-10,13H2. The highest BCUT2D eigenvalue weighted by molar-refractivity contribution is 8.00. The summed E-state index contributed by atoms with van der Waals surface area (Å²) in [6.45, 7) is 3.44. The van der Waals surface area contributed by atoms with Gasteiger partial charge in [-0.25, -0.2) is 0 Å². The van der Waals surface area contributed by atoms with Gasteiger partial charge in [0.25, 0.3) is 5.91 Å². The molecule has 4 rings (SSSR count). The molecule has 1 saturated heterocycles. The molecule has 2 aliphatic rings. The van der Waals surface area contributed by atoms with Gasteiger partial charge in [0.05, 0.1) is 10.6 Å². The lowest BCUT2D eigenvalue weighted by molar-refractivity contribution is -0.129. The van der Waals surface area contributed by atoms with Crippen molar-refractivity contribution in [3.05, 3.63) is 40.6 Å². The normalized spacial score (nSPS) is 16.3. The van der Waals surface area contributed by atoms with Crippen molar-refractivity contribution >= 4 is 34.9 Å². The number of fused-ring (bicyclic) bond motifs is 1. The summed E-state index contributed by atoms with van der Waals surface area (Å²) in [5.74, 6) is 2.02. The van der Waals surface area contributed by atoms with E-state index < -0.39 is 0 Å². The highest BCUT2D eigenvalue weighted by atomic mass is 32.2. The number of ether oxygens (including phenoxy) is 2. The number of rotatable bonds is 4. The molecule has 0 radical (unpaired) electrons. The van der Waals surface area contributed by atoms with Crippen LogP contribution in [0.1, 0.15) is 9.67 Å². The Bertz CT molecular complexity index is 817. The highest BCUT2D eigenvalue weighted by Crippen LogP contribution is 2.34. The third kappa shape index (κ3) is 4.22. The number of nitrogens with zero attached hydrogens (tertiary/aromatic N) is 2. The van der Waals surface area contributed by atoms with E-state index in [2.05, 4.69) is 0 Å². The van der Waals surface area contributed by atoms with E-state index in [1.54, 1.807) is 0 Å². The molecule has 0 atom stereocenters. The number of hydrogen-bond acceptors (Lipinski definition) is 6. The Morgan fingerprint density at radius 3 is 2.48 bits per heavy atom. The van der Waals surface area contributed by atoms with Gasteiger partial charge in [-0.15, -0.1) is 23.1 Å². The van der Waals surface area contributed by atoms with E-state index in [0.29, 0.717) is 45.1 Å². The maximum absolute atomic E-state index is 12.5. The first-order chi connectivity index (χ1) is 13.2. The van der Waals surface area contributed by atoms with Crippen molar-refractivity contribution in [1.82, 2.24) is 9.80 Å².